The molecule has 2 aliphatic carbocycles. The van der Waals surface area contributed by atoms with Gasteiger partial charge in [0, 0.05) is 30.4 Å². The van der Waals surface area contributed by atoms with Crippen LogP contribution in [0.15, 0.2) is 48.5 Å². The molecule has 0 spiro atoms. The molecular formula is C30H39N3O5. The summed E-state index contributed by atoms with van der Waals surface area (Å²) in [7, 11) is 0. The number of anilines is 1. The number of benzene rings is 2. The van der Waals surface area contributed by atoms with E-state index in [0.717, 1.165) is 43.1 Å². The number of nitrogens with zero attached hydrogens (tertiary/aromatic N) is 1. The molecule has 2 aromatic rings. The van der Waals surface area contributed by atoms with Gasteiger partial charge in [-0.2, -0.15) is 0 Å². The highest BCUT2D eigenvalue weighted by Gasteiger charge is 2.32. The quantitative estimate of drug-likeness (QED) is 0.312. The number of carboxylic acid groups (broad SMARTS) is 1. The molecule has 0 aliphatic heterocycles. The maximum atomic E-state index is 13.5. The van der Waals surface area contributed by atoms with E-state index in [-0.39, 0.29) is 36.7 Å². The first kappa shape index (κ1) is 27.5. The molecule has 2 aliphatic rings. The lowest BCUT2D eigenvalue weighted by atomic mass is 9.72. The zero-order valence-corrected chi connectivity index (χ0v) is 21.9. The van der Waals surface area contributed by atoms with E-state index in [0.29, 0.717) is 17.8 Å². The van der Waals surface area contributed by atoms with Crippen LogP contribution in [0.5, 0.6) is 5.75 Å². The molecule has 2 saturated carbocycles. The Morgan fingerprint density at radius 3 is 2.08 bits per heavy atom. The molecule has 38 heavy (non-hydrogen) atoms. The Labute approximate surface area is 224 Å². The van der Waals surface area contributed by atoms with Crippen molar-refractivity contribution in [3.05, 3.63) is 59.7 Å². The summed E-state index contributed by atoms with van der Waals surface area (Å²) < 4.78 is 0. The number of nitrogens with one attached hydrogen (secondary N) is 2. The van der Waals surface area contributed by atoms with Crippen LogP contribution in [-0.4, -0.2) is 45.6 Å². The molecule has 0 atom stereocenters. The number of hydrogen-bond donors (Lipinski definition) is 4. The van der Waals surface area contributed by atoms with E-state index in [2.05, 4.69) is 10.6 Å². The van der Waals surface area contributed by atoms with Crippen LogP contribution in [0.1, 0.15) is 80.1 Å². The first-order valence-electron chi connectivity index (χ1n) is 13.8. The third-order valence-corrected chi connectivity index (χ3v) is 8.07. The Bertz CT molecular complexity index is 1070. The van der Waals surface area contributed by atoms with Crippen LogP contribution in [0.3, 0.4) is 0 Å². The van der Waals surface area contributed by atoms with Gasteiger partial charge in [0.05, 0.1) is 6.42 Å². The van der Waals surface area contributed by atoms with Gasteiger partial charge in [-0.1, -0.05) is 44.2 Å². The molecular weight excluding hydrogens is 482 g/mol. The number of rotatable bonds is 9. The summed E-state index contributed by atoms with van der Waals surface area (Å²) in [5.74, 6) is 0.457. The fourth-order valence-corrected chi connectivity index (χ4v) is 5.94. The molecule has 2 fully saturated rings. The summed E-state index contributed by atoms with van der Waals surface area (Å²) in [6, 6.07) is 13.5. The molecule has 0 radical (unpaired) electrons. The largest absolute Gasteiger partial charge is 0.508 e. The summed E-state index contributed by atoms with van der Waals surface area (Å²) in [6.45, 7) is 0.494. The van der Waals surface area contributed by atoms with Crippen LogP contribution in [0.4, 0.5) is 10.5 Å². The minimum atomic E-state index is -0.959. The van der Waals surface area contributed by atoms with Crippen LogP contribution >= 0.6 is 0 Å². The van der Waals surface area contributed by atoms with Crippen molar-refractivity contribution in [2.45, 2.75) is 76.8 Å². The summed E-state index contributed by atoms with van der Waals surface area (Å²) in [5.41, 5.74) is 2.00. The number of carbonyl (C=O) groups is 3. The maximum Gasteiger partial charge on any atom is 0.322 e. The summed E-state index contributed by atoms with van der Waals surface area (Å²) >= 11 is 0. The second-order valence-corrected chi connectivity index (χ2v) is 10.7. The summed E-state index contributed by atoms with van der Waals surface area (Å²) in [4.78, 5) is 38.4. The second kappa shape index (κ2) is 13.3. The number of amides is 3. The lowest BCUT2D eigenvalue weighted by molar-refractivity contribution is -0.136. The zero-order chi connectivity index (χ0) is 26.9. The van der Waals surface area contributed by atoms with Gasteiger partial charge in [-0.25, -0.2) is 4.79 Å². The van der Waals surface area contributed by atoms with E-state index in [1.807, 2.05) is 17.0 Å². The van der Waals surface area contributed by atoms with Crippen molar-refractivity contribution < 1.29 is 24.6 Å². The van der Waals surface area contributed by atoms with Crippen LogP contribution in [0, 0.1) is 11.8 Å². The van der Waals surface area contributed by atoms with E-state index >= 15 is 0 Å². The van der Waals surface area contributed by atoms with Crippen molar-refractivity contribution in [2.75, 3.05) is 11.9 Å². The lowest BCUT2D eigenvalue weighted by Gasteiger charge is -2.40. The van der Waals surface area contributed by atoms with Crippen LogP contribution in [-0.2, 0) is 11.3 Å². The lowest BCUT2D eigenvalue weighted by Crippen LogP contribution is -2.44. The van der Waals surface area contributed by atoms with Crippen molar-refractivity contribution in [3.8, 4) is 5.75 Å². The van der Waals surface area contributed by atoms with Gasteiger partial charge in [-0.15, -0.1) is 0 Å². The highest BCUT2D eigenvalue weighted by Crippen LogP contribution is 2.39. The number of phenols is 1. The molecule has 0 bridgehead atoms. The topological polar surface area (TPSA) is 119 Å². The molecule has 204 valence electrons. The molecule has 2 aromatic carbocycles. The van der Waals surface area contributed by atoms with E-state index in [4.69, 9.17) is 5.11 Å². The Morgan fingerprint density at radius 1 is 0.816 bits per heavy atom. The SMILES string of the molecule is O=C(O)CCNC(=O)c1ccc(CN(C(=O)Nc2ccc(O)cc2)C2CCC(C3CCCCC3)CC2)cc1. The average molecular weight is 522 g/mol. The number of aliphatic carboxylic acids is 1. The maximum absolute atomic E-state index is 13.5. The van der Waals surface area contributed by atoms with Gasteiger partial charge >= 0.3 is 12.0 Å². The predicted molar refractivity (Wildman–Crippen MR) is 146 cm³/mol. The molecule has 3 amide bonds. The van der Waals surface area contributed by atoms with Crippen LogP contribution in [0.25, 0.3) is 0 Å². The standard InChI is InChI=1S/C30H39N3O5/c34-27-16-12-25(13-17-27)32-30(38)33(26-14-10-23(11-15-26)22-4-2-1-3-5-22)20-21-6-8-24(9-7-21)29(37)31-19-18-28(35)36/h6-9,12-13,16-17,22-23,26,34H,1-5,10-11,14-15,18-20H2,(H,31,37)(H,32,38)(H,35,36). The fraction of sp³-hybridized carbons (Fsp3) is 0.500. The van der Waals surface area contributed by atoms with Crippen molar-refractivity contribution >= 4 is 23.6 Å². The molecule has 0 aromatic heterocycles. The number of urea groups is 1. The number of hydrogen-bond acceptors (Lipinski definition) is 4. The zero-order valence-electron chi connectivity index (χ0n) is 21.9. The van der Waals surface area contributed by atoms with E-state index in [1.54, 1.807) is 36.4 Å². The Hall–Kier alpha value is -3.55. The van der Waals surface area contributed by atoms with Crippen LogP contribution in [0.2, 0.25) is 0 Å². The molecule has 0 saturated heterocycles. The Kier molecular flexibility index (Phi) is 9.62. The molecule has 0 unspecified atom stereocenters. The third-order valence-electron chi connectivity index (χ3n) is 8.07. The number of phenolic OH excluding ortho intramolecular Hbond substituents is 1. The van der Waals surface area contributed by atoms with Gasteiger partial charge in [-0.05, 0) is 79.5 Å². The minimum absolute atomic E-state index is 0.0741. The molecule has 4 N–H and O–H groups in total. The number of aromatic hydroxyl groups is 1. The molecule has 4 rings (SSSR count). The molecule has 8 nitrogen and oxygen atoms in total. The monoisotopic (exact) mass is 521 g/mol. The first-order chi connectivity index (χ1) is 18.4. The molecule has 8 heteroatoms. The van der Waals surface area contributed by atoms with Crippen molar-refractivity contribution in [1.82, 2.24) is 10.2 Å². The number of carbonyl (C=O) groups excluding carboxylic acids is 2. The van der Waals surface area contributed by atoms with E-state index in [9.17, 15) is 19.5 Å². The Balaban J connectivity index is 1.42. The van der Waals surface area contributed by atoms with Crippen molar-refractivity contribution in [3.63, 3.8) is 0 Å². The van der Waals surface area contributed by atoms with Crippen molar-refractivity contribution in [1.29, 1.82) is 0 Å². The van der Waals surface area contributed by atoms with Gasteiger partial charge < -0.3 is 25.7 Å². The highest BCUT2D eigenvalue weighted by atomic mass is 16.4. The van der Waals surface area contributed by atoms with Gasteiger partial charge in [0.1, 0.15) is 5.75 Å². The predicted octanol–water partition coefficient (Wildman–Crippen LogP) is 5.77. The smallest absolute Gasteiger partial charge is 0.322 e. The van der Waals surface area contributed by atoms with Gasteiger partial charge in [-0.3, -0.25) is 9.59 Å². The van der Waals surface area contributed by atoms with E-state index in [1.165, 1.54) is 32.1 Å². The molecule has 0 heterocycles. The minimum Gasteiger partial charge on any atom is -0.508 e. The van der Waals surface area contributed by atoms with Gasteiger partial charge in [0.2, 0.25) is 0 Å². The van der Waals surface area contributed by atoms with Gasteiger partial charge in [0.15, 0.2) is 0 Å². The highest BCUT2D eigenvalue weighted by molar-refractivity contribution is 5.94. The van der Waals surface area contributed by atoms with E-state index < -0.39 is 5.97 Å². The van der Waals surface area contributed by atoms with Gasteiger partial charge in [0.25, 0.3) is 5.91 Å². The Morgan fingerprint density at radius 2 is 1.45 bits per heavy atom. The third kappa shape index (κ3) is 7.73. The summed E-state index contributed by atoms with van der Waals surface area (Å²) in [5, 5.41) is 23.9. The van der Waals surface area contributed by atoms with Crippen molar-refractivity contribution in [2.24, 2.45) is 11.8 Å². The normalized spacial score (nSPS) is 19.9. The summed E-state index contributed by atoms with van der Waals surface area (Å²) in [6.07, 6.45) is 10.9. The number of carboxylic acids is 1. The first-order valence-corrected chi connectivity index (χ1v) is 13.8. The van der Waals surface area contributed by atoms with Crippen LogP contribution < -0.4 is 10.6 Å². The second-order valence-electron chi connectivity index (χ2n) is 10.7. The fourth-order valence-electron chi connectivity index (χ4n) is 5.94. The average Bonchev–Trinajstić information content (AvgIpc) is 2.93.